The van der Waals surface area contributed by atoms with E-state index in [-0.39, 0.29) is 18.4 Å². The zero-order valence-electron chi connectivity index (χ0n) is 16.0. The summed E-state index contributed by atoms with van der Waals surface area (Å²) < 4.78 is 0. The minimum atomic E-state index is -0.528. The molecule has 0 saturated carbocycles. The van der Waals surface area contributed by atoms with Crippen LogP contribution < -0.4 is 15.8 Å². The van der Waals surface area contributed by atoms with Gasteiger partial charge in [0.15, 0.2) is 0 Å². The first-order valence-electron chi connectivity index (χ1n) is 9.47. The van der Waals surface area contributed by atoms with Gasteiger partial charge in [-0.3, -0.25) is 25.6 Å². The molecule has 1 atom stereocenters. The molecule has 0 unspecified atom stereocenters. The lowest BCUT2D eigenvalue weighted by atomic mass is 10.0. The van der Waals surface area contributed by atoms with Gasteiger partial charge in [0.1, 0.15) is 5.82 Å². The van der Waals surface area contributed by atoms with Gasteiger partial charge in [-0.25, -0.2) is 5.06 Å². The molecule has 10 nitrogen and oxygen atoms in total. The molecule has 0 radical (unpaired) electrons. The number of amides is 2. The number of hydrazine groups is 1. The molecule has 0 spiro atoms. The third-order valence-electron chi connectivity index (χ3n) is 4.48. The van der Waals surface area contributed by atoms with Crippen molar-refractivity contribution in [3.63, 3.8) is 0 Å². The van der Waals surface area contributed by atoms with Gasteiger partial charge in [-0.15, -0.1) is 0 Å². The van der Waals surface area contributed by atoms with Crippen LogP contribution in [-0.2, 0) is 9.59 Å². The predicted molar refractivity (Wildman–Crippen MR) is 100.0 cm³/mol. The molecule has 150 valence electrons. The molecule has 0 bridgehead atoms. The summed E-state index contributed by atoms with van der Waals surface area (Å²) in [6.07, 6.45) is 5.93. The van der Waals surface area contributed by atoms with Crippen LogP contribution in [-0.4, -0.2) is 57.2 Å². The van der Waals surface area contributed by atoms with E-state index in [1.807, 2.05) is 0 Å². The Kier molecular flexibility index (Phi) is 8.18. The van der Waals surface area contributed by atoms with Gasteiger partial charge < -0.3 is 4.90 Å². The lowest BCUT2D eigenvalue weighted by molar-refractivity contribution is -0.154. The van der Waals surface area contributed by atoms with Gasteiger partial charge in [0.25, 0.3) is 0 Å². The molecule has 1 aliphatic rings. The normalized spacial score (nSPS) is 14.7. The zero-order valence-corrected chi connectivity index (χ0v) is 16.0. The molecular formula is C17H29N7O3. The highest BCUT2D eigenvalue weighted by molar-refractivity contribution is 5.80. The fourth-order valence-electron chi connectivity index (χ4n) is 3.02. The van der Waals surface area contributed by atoms with E-state index < -0.39 is 5.92 Å². The second-order valence-corrected chi connectivity index (χ2v) is 6.73. The number of aromatic nitrogens is 3. The molecule has 0 aromatic carbocycles. The van der Waals surface area contributed by atoms with Crippen molar-refractivity contribution in [3.05, 3.63) is 5.82 Å². The number of rotatable bonds is 11. The molecule has 0 aliphatic carbocycles. The van der Waals surface area contributed by atoms with Gasteiger partial charge >= 0.3 is 0 Å². The number of carbonyl (C=O) groups is 2. The van der Waals surface area contributed by atoms with Gasteiger partial charge in [0.05, 0.1) is 12.5 Å². The van der Waals surface area contributed by atoms with E-state index in [1.54, 1.807) is 6.92 Å². The van der Waals surface area contributed by atoms with Crippen LogP contribution in [0.25, 0.3) is 0 Å². The van der Waals surface area contributed by atoms with Crippen LogP contribution in [0.15, 0.2) is 0 Å². The number of aryl methyl sites for hydroxylation is 1. The minimum Gasteiger partial charge on any atom is -0.341 e. The summed E-state index contributed by atoms with van der Waals surface area (Å²) in [6, 6.07) is 0. The SMILES string of the molecule is CCCCC[C@@H](CN(O)C=O)C(=O)NNc1nc(C)nc(N2CCCC2)n1. The molecule has 27 heavy (non-hydrogen) atoms. The Bertz CT molecular complexity index is 623. The van der Waals surface area contributed by atoms with Crippen molar-refractivity contribution in [2.24, 2.45) is 5.92 Å². The summed E-state index contributed by atoms with van der Waals surface area (Å²) in [4.78, 5) is 38.1. The third kappa shape index (κ3) is 6.63. The Labute approximate surface area is 159 Å². The standard InChI is InChI=1S/C17H29N7O3/c1-3-4-5-8-14(11-24(27)12-25)15(26)21-22-16-18-13(2)19-17(20-16)23-9-6-7-10-23/h12,14,27H,3-11H2,1-2H3,(H,21,26)(H,18,19,20,22)/t14-/m0/s1. The summed E-state index contributed by atoms with van der Waals surface area (Å²) in [5.74, 6) is 0.568. The van der Waals surface area contributed by atoms with Crippen molar-refractivity contribution >= 4 is 24.2 Å². The quantitative estimate of drug-likeness (QED) is 0.227. The molecule has 1 aromatic heterocycles. The summed E-state index contributed by atoms with van der Waals surface area (Å²) in [5, 5.41) is 9.93. The summed E-state index contributed by atoms with van der Waals surface area (Å²) in [7, 11) is 0. The van der Waals surface area contributed by atoms with Crippen LogP contribution in [0.1, 0.15) is 51.3 Å². The minimum absolute atomic E-state index is 0.0595. The molecule has 1 aromatic rings. The maximum absolute atomic E-state index is 12.5. The van der Waals surface area contributed by atoms with Crippen LogP contribution in [0, 0.1) is 12.8 Å². The Morgan fingerprint density at radius 1 is 1.30 bits per heavy atom. The monoisotopic (exact) mass is 379 g/mol. The lowest BCUT2D eigenvalue weighted by Crippen LogP contribution is -2.40. The van der Waals surface area contributed by atoms with Crippen LogP contribution >= 0.6 is 0 Å². The lowest BCUT2D eigenvalue weighted by Gasteiger charge is -2.20. The molecule has 2 amide bonds. The van der Waals surface area contributed by atoms with Crippen LogP contribution in [0.2, 0.25) is 0 Å². The number of hydrogen-bond donors (Lipinski definition) is 3. The predicted octanol–water partition coefficient (Wildman–Crippen LogP) is 1.27. The van der Waals surface area contributed by atoms with E-state index >= 15 is 0 Å². The van der Waals surface area contributed by atoms with E-state index in [2.05, 4.69) is 37.6 Å². The third-order valence-corrected chi connectivity index (χ3v) is 4.48. The highest BCUT2D eigenvalue weighted by atomic mass is 16.5. The molecule has 1 saturated heterocycles. The maximum atomic E-state index is 12.5. The summed E-state index contributed by atoms with van der Waals surface area (Å²) in [5.41, 5.74) is 5.32. The van der Waals surface area contributed by atoms with E-state index in [0.29, 0.717) is 29.7 Å². The second kappa shape index (κ2) is 10.6. The van der Waals surface area contributed by atoms with Crippen LogP contribution in [0.4, 0.5) is 11.9 Å². The van der Waals surface area contributed by atoms with Crippen molar-refractivity contribution in [2.75, 3.05) is 30.0 Å². The largest absolute Gasteiger partial charge is 0.341 e. The molecule has 1 aliphatic heterocycles. The molecule has 1 fully saturated rings. The summed E-state index contributed by atoms with van der Waals surface area (Å²) >= 11 is 0. The molecular weight excluding hydrogens is 350 g/mol. The second-order valence-electron chi connectivity index (χ2n) is 6.73. The number of hydroxylamine groups is 2. The van der Waals surface area contributed by atoms with E-state index in [9.17, 15) is 14.8 Å². The fraction of sp³-hybridized carbons (Fsp3) is 0.706. The number of nitrogens with zero attached hydrogens (tertiary/aromatic N) is 5. The van der Waals surface area contributed by atoms with Crippen molar-refractivity contribution in [2.45, 2.75) is 52.4 Å². The van der Waals surface area contributed by atoms with Gasteiger partial charge in [0.2, 0.25) is 24.2 Å². The Morgan fingerprint density at radius 2 is 2.04 bits per heavy atom. The topological polar surface area (TPSA) is 124 Å². The van der Waals surface area contributed by atoms with Crippen molar-refractivity contribution < 1.29 is 14.8 Å². The first-order valence-corrected chi connectivity index (χ1v) is 9.47. The van der Waals surface area contributed by atoms with E-state index in [0.717, 1.165) is 45.2 Å². The average molecular weight is 379 g/mol. The van der Waals surface area contributed by atoms with Crippen molar-refractivity contribution in [1.29, 1.82) is 0 Å². The highest BCUT2D eigenvalue weighted by Gasteiger charge is 2.21. The first kappa shape index (κ1) is 20.8. The van der Waals surface area contributed by atoms with E-state index in [1.165, 1.54) is 0 Å². The van der Waals surface area contributed by atoms with Gasteiger partial charge in [0, 0.05) is 13.1 Å². The maximum Gasteiger partial charge on any atom is 0.246 e. The summed E-state index contributed by atoms with van der Waals surface area (Å²) in [6.45, 7) is 5.60. The van der Waals surface area contributed by atoms with Gasteiger partial charge in [-0.05, 0) is 26.2 Å². The molecule has 2 heterocycles. The fourth-order valence-corrected chi connectivity index (χ4v) is 3.02. The highest BCUT2D eigenvalue weighted by Crippen LogP contribution is 2.17. The van der Waals surface area contributed by atoms with E-state index in [4.69, 9.17) is 0 Å². The Balaban J connectivity index is 1.97. The smallest absolute Gasteiger partial charge is 0.246 e. The first-order chi connectivity index (χ1) is 13.0. The van der Waals surface area contributed by atoms with Crippen molar-refractivity contribution in [1.82, 2.24) is 25.4 Å². The number of nitrogens with one attached hydrogen (secondary N) is 2. The average Bonchev–Trinajstić information content (AvgIpc) is 3.19. The molecule has 10 heteroatoms. The number of unbranched alkanes of at least 4 members (excludes halogenated alkanes) is 2. The van der Waals surface area contributed by atoms with Crippen molar-refractivity contribution in [3.8, 4) is 0 Å². The van der Waals surface area contributed by atoms with Crippen LogP contribution in [0.5, 0.6) is 0 Å². The Morgan fingerprint density at radius 3 is 2.70 bits per heavy atom. The number of carbonyl (C=O) groups excluding carboxylic acids is 2. The Hall–Kier alpha value is -2.49. The zero-order chi connectivity index (χ0) is 19.6. The number of anilines is 2. The van der Waals surface area contributed by atoms with Gasteiger partial charge in [-0.1, -0.05) is 26.2 Å². The number of hydrogen-bond acceptors (Lipinski definition) is 8. The molecule has 3 N–H and O–H groups in total. The van der Waals surface area contributed by atoms with Crippen LogP contribution in [0.3, 0.4) is 0 Å². The van der Waals surface area contributed by atoms with Gasteiger partial charge in [-0.2, -0.15) is 15.0 Å². The molecule has 2 rings (SSSR count).